The summed E-state index contributed by atoms with van der Waals surface area (Å²) in [6, 6.07) is 6.27. The van der Waals surface area contributed by atoms with Crippen molar-refractivity contribution in [3.05, 3.63) is 41.6 Å². The minimum absolute atomic E-state index is 0.0166. The number of hydrogen-bond donors (Lipinski definition) is 1. The molecule has 0 fully saturated rings. The monoisotopic (exact) mass is 347 g/mol. The Morgan fingerprint density at radius 1 is 1.21 bits per heavy atom. The van der Waals surface area contributed by atoms with Crippen LogP contribution in [-0.4, -0.2) is 25.6 Å². The van der Waals surface area contributed by atoms with Gasteiger partial charge in [-0.2, -0.15) is 19.6 Å². The van der Waals surface area contributed by atoms with Crippen molar-refractivity contribution in [2.75, 3.05) is 5.32 Å². The third-order valence-electron chi connectivity index (χ3n) is 4.17. The Morgan fingerprint density at radius 3 is 2.50 bits per heavy atom. The maximum absolute atomic E-state index is 13.3. The highest BCUT2D eigenvalue weighted by Crippen LogP contribution is 2.35. The summed E-state index contributed by atoms with van der Waals surface area (Å²) in [6.45, 7) is 8.52. The molecule has 3 rings (SSSR count). The molecule has 2 aromatic heterocycles. The minimum Gasteiger partial charge on any atom is -0.366 e. The Hall–Kier alpha value is -2.21. The fourth-order valence-electron chi connectivity index (χ4n) is 2.24. The summed E-state index contributed by atoms with van der Waals surface area (Å²) < 4.78 is 14.9. The molecule has 2 heterocycles. The van der Waals surface area contributed by atoms with Gasteiger partial charge in [0.15, 0.2) is 0 Å². The number of nitrogens with zero attached hydrogens (tertiary/aromatic N) is 4. The predicted octanol–water partition coefficient (Wildman–Crippen LogP) is 4.43. The molecule has 0 aliphatic carbocycles. The fraction of sp³-hybridized carbons (Fsp3) is 0.353. The third-order valence-corrected chi connectivity index (χ3v) is 4.44. The van der Waals surface area contributed by atoms with E-state index < -0.39 is 0 Å². The normalized spacial score (nSPS) is 13.2. The van der Waals surface area contributed by atoms with E-state index in [0.717, 1.165) is 5.56 Å². The molecule has 0 aliphatic rings. The molecule has 1 atom stereocenters. The van der Waals surface area contributed by atoms with Gasteiger partial charge in [0, 0.05) is 6.04 Å². The lowest BCUT2D eigenvalue weighted by atomic mass is 9.88. The summed E-state index contributed by atoms with van der Waals surface area (Å²) in [7, 11) is 0. The highest BCUT2D eigenvalue weighted by atomic mass is 35.5. The summed E-state index contributed by atoms with van der Waals surface area (Å²) in [5.41, 5.74) is 1.45. The van der Waals surface area contributed by atoms with Crippen molar-refractivity contribution >= 4 is 23.2 Å². The average molecular weight is 348 g/mol. The molecule has 0 bridgehead atoms. The van der Waals surface area contributed by atoms with E-state index in [-0.39, 0.29) is 17.3 Å². The Labute approximate surface area is 144 Å². The number of halogens is 2. The van der Waals surface area contributed by atoms with Crippen molar-refractivity contribution in [2.24, 2.45) is 5.41 Å². The van der Waals surface area contributed by atoms with Gasteiger partial charge >= 0.3 is 0 Å². The molecule has 0 spiro atoms. The zero-order valence-electron chi connectivity index (χ0n) is 14.0. The quantitative estimate of drug-likeness (QED) is 0.712. The van der Waals surface area contributed by atoms with Crippen LogP contribution in [0.3, 0.4) is 0 Å². The van der Waals surface area contributed by atoms with Crippen LogP contribution in [0.25, 0.3) is 16.9 Å². The maximum Gasteiger partial charge on any atom is 0.255 e. The van der Waals surface area contributed by atoms with E-state index in [2.05, 4.69) is 48.1 Å². The molecule has 0 saturated heterocycles. The van der Waals surface area contributed by atoms with Crippen molar-refractivity contribution < 1.29 is 4.39 Å². The van der Waals surface area contributed by atoms with Gasteiger partial charge < -0.3 is 5.32 Å². The topological polar surface area (TPSA) is 55.1 Å². The molecule has 0 amide bonds. The number of aromatic nitrogens is 4. The SMILES string of the molecule is CC(Nc1c(-c2ccc(F)cc2)c(Cl)nc2ncnn12)C(C)(C)C. The van der Waals surface area contributed by atoms with Gasteiger partial charge in [0.25, 0.3) is 5.78 Å². The van der Waals surface area contributed by atoms with Crippen LogP contribution >= 0.6 is 11.6 Å². The van der Waals surface area contributed by atoms with E-state index in [1.807, 2.05) is 0 Å². The Balaban J connectivity index is 2.21. The number of hydrogen-bond acceptors (Lipinski definition) is 4. The number of anilines is 1. The van der Waals surface area contributed by atoms with Crippen molar-refractivity contribution in [3.63, 3.8) is 0 Å². The zero-order chi connectivity index (χ0) is 17.5. The predicted molar refractivity (Wildman–Crippen MR) is 93.7 cm³/mol. The van der Waals surface area contributed by atoms with E-state index in [0.29, 0.717) is 22.3 Å². The van der Waals surface area contributed by atoms with Crippen LogP contribution in [0.15, 0.2) is 30.6 Å². The first-order chi connectivity index (χ1) is 11.3. The first-order valence-corrected chi connectivity index (χ1v) is 8.07. The van der Waals surface area contributed by atoms with Gasteiger partial charge in [-0.05, 0) is 30.0 Å². The molecular weight excluding hydrogens is 329 g/mol. The largest absolute Gasteiger partial charge is 0.366 e. The molecule has 1 aromatic carbocycles. The summed E-state index contributed by atoms with van der Waals surface area (Å²) in [5, 5.41) is 8.02. The van der Waals surface area contributed by atoms with Gasteiger partial charge in [-0.3, -0.25) is 0 Å². The van der Waals surface area contributed by atoms with Crippen LogP contribution in [0.4, 0.5) is 10.2 Å². The van der Waals surface area contributed by atoms with Gasteiger partial charge in [-0.15, -0.1) is 0 Å². The lowest BCUT2D eigenvalue weighted by Gasteiger charge is -2.30. The Morgan fingerprint density at radius 2 is 1.88 bits per heavy atom. The van der Waals surface area contributed by atoms with E-state index in [1.54, 1.807) is 16.6 Å². The van der Waals surface area contributed by atoms with Gasteiger partial charge in [-0.25, -0.2) is 4.39 Å². The van der Waals surface area contributed by atoms with Gasteiger partial charge in [-0.1, -0.05) is 44.5 Å². The number of fused-ring (bicyclic) bond motifs is 1. The molecule has 7 heteroatoms. The lowest BCUT2D eigenvalue weighted by Crippen LogP contribution is -2.32. The van der Waals surface area contributed by atoms with Crippen molar-refractivity contribution in [1.82, 2.24) is 19.6 Å². The van der Waals surface area contributed by atoms with E-state index in [1.165, 1.54) is 18.5 Å². The average Bonchev–Trinajstić information content (AvgIpc) is 2.95. The van der Waals surface area contributed by atoms with Crippen molar-refractivity contribution in [2.45, 2.75) is 33.7 Å². The van der Waals surface area contributed by atoms with Gasteiger partial charge in [0.05, 0.1) is 5.56 Å². The highest BCUT2D eigenvalue weighted by Gasteiger charge is 2.24. The summed E-state index contributed by atoms with van der Waals surface area (Å²) in [4.78, 5) is 8.40. The molecule has 0 aliphatic heterocycles. The second kappa shape index (κ2) is 6.02. The Bertz CT molecular complexity index is 867. The van der Waals surface area contributed by atoms with Crippen LogP contribution in [0.5, 0.6) is 0 Å². The van der Waals surface area contributed by atoms with E-state index >= 15 is 0 Å². The summed E-state index contributed by atoms with van der Waals surface area (Å²) >= 11 is 6.41. The molecule has 126 valence electrons. The van der Waals surface area contributed by atoms with Gasteiger partial charge in [0.2, 0.25) is 0 Å². The number of rotatable bonds is 3. The fourth-order valence-corrected chi connectivity index (χ4v) is 2.52. The maximum atomic E-state index is 13.3. The minimum atomic E-state index is -0.303. The number of nitrogens with one attached hydrogen (secondary N) is 1. The number of benzene rings is 1. The molecule has 1 N–H and O–H groups in total. The van der Waals surface area contributed by atoms with Crippen LogP contribution in [0.2, 0.25) is 5.15 Å². The smallest absolute Gasteiger partial charge is 0.255 e. The van der Waals surface area contributed by atoms with Gasteiger partial charge in [0.1, 0.15) is 23.1 Å². The molecule has 1 unspecified atom stereocenters. The van der Waals surface area contributed by atoms with Crippen LogP contribution < -0.4 is 5.32 Å². The van der Waals surface area contributed by atoms with Crippen LogP contribution in [-0.2, 0) is 0 Å². The van der Waals surface area contributed by atoms with Crippen molar-refractivity contribution in [3.8, 4) is 11.1 Å². The van der Waals surface area contributed by atoms with Crippen molar-refractivity contribution in [1.29, 1.82) is 0 Å². The van der Waals surface area contributed by atoms with Crippen LogP contribution in [0, 0.1) is 11.2 Å². The molecule has 0 radical (unpaired) electrons. The molecular formula is C17H19ClFN5. The Kier molecular flexibility index (Phi) is 4.17. The standard InChI is InChI=1S/C17H19ClFN5/c1-10(17(2,3)4)22-15-13(11-5-7-12(19)8-6-11)14(18)23-16-20-9-21-24(15)16/h5-10,22H,1-4H3. The third kappa shape index (κ3) is 3.06. The first-order valence-electron chi connectivity index (χ1n) is 7.69. The molecule has 5 nitrogen and oxygen atoms in total. The van der Waals surface area contributed by atoms with Crippen LogP contribution in [0.1, 0.15) is 27.7 Å². The summed E-state index contributed by atoms with van der Waals surface area (Å²) in [5.74, 6) is 0.799. The second-order valence-electron chi connectivity index (χ2n) is 6.84. The van der Waals surface area contributed by atoms with E-state index in [4.69, 9.17) is 11.6 Å². The van der Waals surface area contributed by atoms with E-state index in [9.17, 15) is 4.39 Å². The molecule has 24 heavy (non-hydrogen) atoms. The summed E-state index contributed by atoms with van der Waals surface area (Å²) in [6.07, 6.45) is 1.43. The molecule has 0 saturated carbocycles. The zero-order valence-corrected chi connectivity index (χ0v) is 14.8. The lowest BCUT2D eigenvalue weighted by molar-refractivity contribution is 0.358. The first kappa shape index (κ1) is 16.6. The highest BCUT2D eigenvalue weighted by molar-refractivity contribution is 6.32. The molecule has 3 aromatic rings. The second-order valence-corrected chi connectivity index (χ2v) is 7.20.